The number of nitrogens with one attached hydrogen (secondary N) is 1. The van der Waals surface area contributed by atoms with Crippen molar-refractivity contribution in [3.05, 3.63) is 122 Å². The van der Waals surface area contributed by atoms with Gasteiger partial charge >= 0.3 is 5.97 Å². The van der Waals surface area contributed by atoms with Crippen molar-refractivity contribution < 1.29 is 24.5 Å². The second-order valence-corrected chi connectivity index (χ2v) is 19.0. The second-order valence-electron chi connectivity index (χ2n) is 19.0. The molecule has 3 atom stereocenters. The van der Waals surface area contributed by atoms with Crippen molar-refractivity contribution in [2.75, 3.05) is 6.61 Å². The van der Waals surface area contributed by atoms with Crippen LogP contribution in [0.5, 0.6) is 0 Å². The molecule has 1 amide bonds. The molecule has 0 aliphatic rings. The van der Waals surface area contributed by atoms with E-state index < -0.39 is 18.2 Å². The number of esters is 1. The molecule has 0 radical (unpaired) electrons. The van der Waals surface area contributed by atoms with Crippen LogP contribution in [0.25, 0.3) is 0 Å². The fourth-order valence-corrected chi connectivity index (χ4v) is 8.03. The molecular formula is C64H107NO5. The number of hydrogen-bond acceptors (Lipinski definition) is 5. The van der Waals surface area contributed by atoms with Gasteiger partial charge in [0.1, 0.15) is 6.10 Å². The summed E-state index contributed by atoms with van der Waals surface area (Å²) in [4.78, 5) is 26.2. The smallest absolute Gasteiger partial charge is 0.306 e. The Morgan fingerprint density at radius 3 is 1.31 bits per heavy atom. The molecule has 0 saturated heterocycles. The summed E-state index contributed by atoms with van der Waals surface area (Å²) in [6.07, 6.45) is 78.6. The zero-order valence-electron chi connectivity index (χ0n) is 45.4. The lowest BCUT2D eigenvalue weighted by Gasteiger charge is -2.23. The monoisotopic (exact) mass is 970 g/mol. The van der Waals surface area contributed by atoms with Gasteiger partial charge in [-0.2, -0.15) is 0 Å². The third kappa shape index (κ3) is 50.6. The predicted molar refractivity (Wildman–Crippen MR) is 305 cm³/mol. The van der Waals surface area contributed by atoms with Gasteiger partial charge in [0.25, 0.3) is 0 Å². The van der Waals surface area contributed by atoms with Crippen molar-refractivity contribution in [3.63, 3.8) is 0 Å². The van der Waals surface area contributed by atoms with Crippen molar-refractivity contribution in [1.29, 1.82) is 0 Å². The zero-order chi connectivity index (χ0) is 50.9. The van der Waals surface area contributed by atoms with E-state index in [1.54, 1.807) is 6.08 Å². The summed E-state index contributed by atoms with van der Waals surface area (Å²) in [5.41, 5.74) is 0. The number of rotatable bonds is 50. The van der Waals surface area contributed by atoms with Crippen molar-refractivity contribution in [1.82, 2.24) is 5.32 Å². The molecule has 0 fully saturated rings. The van der Waals surface area contributed by atoms with Crippen LogP contribution in [0.4, 0.5) is 0 Å². The number of aliphatic hydroxyl groups is 2. The third-order valence-electron chi connectivity index (χ3n) is 12.4. The molecule has 0 aliphatic carbocycles. The van der Waals surface area contributed by atoms with Gasteiger partial charge in [0, 0.05) is 6.42 Å². The number of aliphatic hydroxyl groups excluding tert-OH is 2. The number of carbonyl (C=O) groups excluding carboxylic acids is 2. The lowest BCUT2D eigenvalue weighted by molar-refractivity contribution is -0.148. The molecular weight excluding hydrogens is 863 g/mol. The summed E-state index contributed by atoms with van der Waals surface area (Å²) in [5, 5.41) is 23.8. The number of allylic oxidation sites excluding steroid dienone is 19. The third-order valence-corrected chi connectivity index (χ3v) is 12.4. The average molecular weight is 971 g/mol. The normalized spacial score (nSPS) is 14.1. The molecule has 0 spiro atoms. The van der Waals surface area contributed by atoms with Crippen LogP contribution in [0.3, 0.4) is 0 Å². The first-order valence-electron chi connectivity index (χ1n) is 28.8. The van der Waals surface area contributed by atoms with E-state index in [4.69, 9.17) is 4.74 Å². The lowest BCUT2D eigenvalue weighted by atomic mass is 10.0. The largest absolute Gasteiger partial charge is 0.458 e. The molecule has 0 aliphatic heterocycles. The van der Waals surface area contributed by atoms with E-state index in [-0.39, 0.29) is 24.9 Å². The van der Waals surface area contributed by atoms with E-state index in [0.29, 0.717) is 19.3 Å². The zero-order valence-corrected chi connectivity index (χ0v) is 45.4. The maximum atomic E-state index is 13.2. The molecule has 0 aromatic heterocycles. The van der Waals surface area contributed by atoms with Crippen molar-refractivity contribution in [2.45, 2.75) is 264 Å². The first-order valence-corrected chi connectivity index (χ1v) is 28.8. The molecule has 0 rings (SSSR count). The first kappa shape index (κ1) is 66.3. The molecule has 0 aromatic rings. The topological polar surface area (TPSA) is 95.9 Å². The van der Waals surface area contributed by atoms with E-state index >= 15 is 0 Å². The van der Waals surface area contributed by atoms with E-state index in [1.165, 1.54) is 103 Å². The Hall–Kier alpha value is -3.74. The van der Waals surface area contributed by atoms with E-state index in [0.717, 1.165) is 96.3 Å². The van der Waals surface area contributed by atoms with Gasteiger partial charge in [0.05, 0.1) is 25.2 Å². The Kier molecular flexibility index (Phi) is 53.2. The standard InChI is InChI=1S/C64H107NO5/c1-4-7-10-13-16-19-22-25-28-31-33-36-39-42-45-48-51-54-57-64(69)70-60(55-52-49-46-43-40-37-34-32-29-26-23-20-17-14-11-8-5-2)58-63(68)65-61(59-66)62(67)56-53-50-47-44-41-38-35-30-27-24-21-18-15-12-9-6-3/h8,11,16-17,19-20,22,25-26,28-29,31,33-34,36-37,43,46,52,55,60-62,66-67H,4-7,9-10,12-15,18,21,23-24,27,30,32,35,38-42,44-45,47-51,53-54,56-59H2,1-3H3,(H,65,68)/b11-8-,19-16+,20-17-,25-22+,29-26-,31-28+,36-33+,37-34-,46-43-,55-52-. The van der Waals surface area contributed by atoms with Crippen LogP contribution in [-0.4, -0.2) is 46.9 Å². The number of unbranched alkanes of at least 4 members (excludes halogenated alkanes) is 23. The van der Waals surface area contributed by atoms with E-state index in [1.807, 2.05) is 6.08 Å². The lowest BCUT2D eigenvalue weighted by Crippen LogP contribution is -2.46. The fourth-order valence-electron chi connectivity index (χ4n) is 8.03. The molecule has 70 heavy (non-hydrogen) atoms. The molecule has 0 heterocycles. The quantitative estimate of drug-likeness (QED) is 0.0244. The molecule has 6 heteroatoms. The number of hydrogen-bond donors (Lipinski definition) is 3. The number of amides is 1. The van der Waals surface area contributed by atoms with Crippen LogP contribution in [0.1, 0.15) is 245 Å². The Balaban J connectivity index is 4.79. The van der Waals surface area contributed by atoms with Crippen LogP contribution < -0.4 is 5.32 Å². The maximum Gasteiger partial charge on any atom is 0.306 e. The molecule has 3 unspecified atom stereocenters. The van der Waals surface area contributed by atoms with Crippen LogP contribution in [-0.2, 0) is 14.3 Å². The maximum absolute atomic E-state index is 13.2. The minimum atomic E-state index is -0.833. The molecule has 398 valence electrons. The summed E-state index contributed by atoms with van der Waals surface area (Å²) in [5.74, 6) is -0.663. The molecule has 0 saturated carbocycles. The average Bonchev–Trinajstić information content (AvgIpc) is 3.35. The summed E-state index contributed by atoms with van der Waals surface area (Å²) in [6.45, 7) is 6.30. The van der Waals surface area contributed by atoms with Gasteiger partial charge in [-0.05, 0) is 83.1 Å². The number of carbonyl (C=O) groups is 2. The van der Waals surface area contributed by atoms with Gasteiger partial charge in [-0.15, -0.1) is 0 Å². The fraction of sp³-hybridized carbons (Fsp3) is 0.656. The predicted octanol–water partition coefficient (Wildman–Crippen LogP) is 18.0. The van der Waals surface area contributed by atoms with Gasteiger partial charge in [-0.25, -0.2) is 0 Å². The van der Waals surface area contributed by atoms with Gasteiger partial charge < -0.3 is 20.3 Å². The highest BCUT2D eigenvalue weighted by Crippen LogP contribution is 2.16. The minimum absolute atomic E-state index is 0.0641. The minimum Gasteiger partial charge on any atom is -0.458 e. The Morgan fingerprint density at radius 1 is 0.457 bits per heavy atom. The van der Waals surface area contributed by atoms with Crippen molar-refractivity contribution >= 4 is 11.9 Å². The van der Waals surface area contributed by atoms with E-state index in [2.05, 4.69) is 135 Å². The second kappa shape index (κ2) is 56.2. The van der Waals surface area contributed by atoms with Gasteiger partial charge in [-0.1, -0.05) is 271 Å². The summed E-state index contributed by atoms with van der Waals surface area (Å²) >= 11 is 0. The SMILES string of the molecule is CC/C=C\C/C=C\C/C=C\C/C=C\C/C=C\C/C=C\C(CC(=O)NC(CO)C(O)CCCCCCCCCCCCCCCCCC)OC(=O)CCCCCCC/C=C/C=C/C=C/C=C/CCCCC. The molecule has 0 bridgehead atoms. The molecule has 6 nitrogen and oxygen atoms in total. The summed E-state index contributed by atoms with van der Waals surface area (Å²) < 4.78 is 5.84. The van der Waals surface area contributed by atoms with Gasteiger partial charge in [0.2, 0.25) is 5.91 Å². The molecule has 3 N–H and O–H groups in total. The number of ether oxygens (including phenoxy) is 1. The Labute approximate surface area is 431 Å². The van der Waals surface area contributed by atoms with E-state index in [9.17, 15) is 19.8 Å². The first-order chi connectivity index (χ1) is 34.5. The van der Waals surface area contributed by atoms with Crippen LogP contribution in [0.15, 0.2) is 122 Å². The summed E-state index contributed by atoms with van der Waals surface area (Å²) in [6, 6.07) is -0.757. The van der Waals surface area contributed by atoms with Crippen LogP contribution in [0.2, 0.25) is 0 Å². The van der Waals surface area contributed by atoms with Gasteiger partial charge in [0.15, 0.2) is 0 Å². The summed E-state index contributed by atoms with van der Waals surface area (Å²) in [7, 11) is 0. The van der Waals surface area contributed by atoms with Crippen molar-refractivity contribution in [2.24, 2.45) is 0 Å². The Morgan fingerprint density at radius 2 is 0.843 bits per heavy atom. The van der Waals surface area contributed by atoms with Gasteiger partial charge in [-0.3, -0.25) is 9.59 Å². The molecule has 0 aromatic carbocycles. The van der Waals surface area contributed by atoms with Crippen molar-refractivity contribution in [3.8, 4) is 0 Å². The highest BCUT2D eigenvalue weighted by Gasteiger charge is 2.23. The highest BCUT2D eigenvalue weighted by atomic mass is 16.5. The Bertz CT molecular complexity index is 1460. The van der Waals surface area contributed by atoms with Crippen LogP contribution >= 0.6 is 0 Å². The highest BCUT2D eigenvalue weighted by molar-refractivity contribution is 5.78. The van der Waals surface area contributed by atoms with Crippen LogP contribution in [0, 0.1) is 0 Å².